The summed E-state index contributed by atoms with van der Waals surface area (Å²) in [6, 6.07) is 2.28. The zero-order valence-electron chi connectivity index (χ0n) is 9.42. The average Bonchev–Trinajstić information content (AvgIpc) is 2.16. The molecule has 0 aliphatic heterocycles. The molecule has 0 aliphatic rings. The molecular weight excluding hydrogens is 254 g/mol. The lowest BCUT2D eigenvalue weighted by atomic mass is 10.0. The first-order valence-corrected chi connectivity index (χ1v) is 6.01. The Morgan fingerprint density at radius 1 is 1.53 bits per heavy atom. The van der Waals surface area contributed by atoms with E-state index in [1.165, 1.54) is 0 Å². The van der Waals surface area contributed by atoms with Gasteiger partial charge in [0.2, 0.25) is 0 Å². The Hall–Kier alpha value is -0.770. The average molecular weight is 272 g/mol. The summed E-state index contributed by atoms with van der Waals surface area (Å²) in [5.74, 6) is 1.35. The summed E-state index contributed by atoms with van der Waals surface area (Å²) >= 11 is 3.34. The summed E-state index contributed by atoms with van der Waals surface area (Å²) in [5.41, 5.74) is 6.55. The van der Waals surface area contributed by atoms with Gasteiger partial charge in [0.1, 0.15) is 5.82 Å². The van der Waals surface area contributed by atoms with Crippen LogP contribution >= 0.6 is 15.9 Å². The molecule has 1 rings (SSSR count). The van der Waals surface area contributed by atoms with Crippen LogP contribution in [0.4, 0.5) is 11.5 Å². The van der Waals surface area contributed by atoms with Gasteiger partial charge in [-0.05, 0) is 34.3 Å². The summed E-state index contributed by atoms with van der Waals surface area (Å²) in [6.45, 7) is 6.54. The van der Waals surface area contributed by atoms with Gasteiger partial charge < -0.3 is 11.1 Å². The van der Waals surface area contributed by atoms with E-state index in [0.29, 0.717) is 17.6 Å². The van der Waals surface area contributed by atoms with Crippen molar-refractivity contribution in [2.45, 2.75) is 33.2 Å². The zero-order chi connectivity index (χ0) is 11.4. The predicted octanol–water partition coefficient (Wildman–Crippen LogP) is 3.27. The number of anilines is 2. The number of hydrogen-bond donors (Lipinski definition) is 2. The molecule has 15 heavy (non-hydrogen) atoms. The van der Waals surface area contributed by atoms with Crippen LogP contribution in [0.15, 0.2) is 16.7 Å². The number of aromatic nitrogens is 1. The van der Waals surface area contributed by atoms with Gasteiger partial charge in [-0.15, -0.1) is 0 Å². The number of nitrogens with zero attached hydrogens (tertiary/aromatic N) is 1. The topological polar surface area (TPSA) is 50.9 Å². The van der Waals surface area contributed by atoms with Crippen LogP contribution in [0.1, 0.15) is 27.2 Å². The van der Waals surface area contributed by atoms with Gasteiger partial charge in [0.15, 0.2) is 0 Å². The summed E-state index contributed by atoms with van der Waals surface area (Å²) in [6.07, 6.45) is 2.82. The van der Waals surface area contributed by atoms with E-state index in [4.69, 9.17) is 5.73 Å². The predicted molar refractivity (Wildman–Crippen MR) is 68.9 cm³/mol. The number of pyridine rings is 1. The normalized spacial score (nSPS) is 12.9. The maximum absolute atomic E-state index is 5.87. The number of hydrogen-bond acceptors (Lipinski definition) is 3. The van der Waals surface area contributed by atoms with Crippen molar-refractivity contribution < 1.29 is 0 Å². The smallest absolute Gasteiger partial charge is 0.149 e. The molecule has 1 heterocycles. The van der Waals surface area contributed by atoms with Gasteiger partial charge in [-0.3, -0.25) is 0 Å². The van der Waals surface area contributed by atoms with E-state index in [9.17, 15) is 0 Å². The Morgan fingerprint density at radius 2 is 2.20 bits per heavy atom. The molecule has 0 aliphatic carbocycles. The number of halogens is 1. The van der Waals surface area contributed by atoms with Crippen LogP contribution < -0.4 is 11.1 Å². The maximum atomic E-state index is 5.87. The van der Waals surface area contributed by atoms with Gasteiger partial charge in [0, 0.05) is 16.7 Å². The summed E-state index contributed by atoms with van der Waals surface area (Å²) in [7, 11) is 0. The van der Waals surface area contributed by atoms with Gasteiger partial charge in [-0.1, -0.05) is 20.8 Å². The highest BCUT2D eigenvalue weighted by molar-refractivity contribution is 9.10. The lowest BCUT2D eigenvalue weighted by molar-refractivity contribution is 0.510. The SMILES string of the molecule is CCC(Nc1ncc(Br)cc1N)C(C)C. The molecule has 1 atom stereocenters. The minimum Gasteiger partial charge on any atom is -0.396 e. The second kappa shape index (κ2) is 5.35. The fourth-order valence-electron chi connectivity index (χ4n) is 1.49. The molecule has 1 aromatic heterocycles. The first-order chi connectivity index (χ1) is 7.04. The third-order valence-electron chi connectivity index (χ3n) is 2.45. The van der Waals surface area contributed by atoms with Crippen molar-refractivity contribution in [1.29, 1.82) is 0 Å². The van der Waals surface area contributed by atoms with Crippen LogP contribution in [0.2, 0.25) is 0 Å². The monoisotopic (exact) mass is 271 g/mol. The van der Waals surface area contributed by atoms with Gasteiger partial charge >= 0.3 is 0 Å². The summed E-state index contributed by atoms with van der Waals surface area (Å²) in [5, 5.41) is 3.37. The Bertz CT molecular complexity index is 326. The standard InChI is InChI=1S/C11H18BrN3/c1-4-10(7(2)3)15-11-9(13)5-8(12)6-14-11/h5-7,10H,4,13H2,1-3H3,(H,14,15). The van der Waals surface area contributed by atoms with Crippen LogP contribution in [0.5, 0.6) is 0 Å². The molecule has 4 heteroatoms. The van der Waals surface area contributed by atoms with E-state index in [0.717, 1.165) is 16.7 Å². The van der Waals surface area contributed by atoms with Crippen LogP contribution in [0, 0.1) is 5.92 Å². The van der Waals surface area contributed by atoms with Crippen LogP contribution in [-0.4, -0.2) is 11.0 Å². The number of nitrogens with two attached hydrogens (primary N) is 1. The van der Waals surface area contributed by atoms with Crippen molar-refractivity contribution in [3.63, 3.8) is 0 Å². The Balaban J connectivity index is 2.79. The number of rotatable bonds is 4. The highest BCUT2D eigenvalue weighted by atomic mass is 79.9. The van der Waals surface area contributed by atoms with Gasteiger partial charge in [-0.25, -0.2) is 4.98 Å². The number of nitrogens with one attached hydrogen (secondary N) is 1. The molecule has 0 bridgehead atoms. The van der Waals surface area contributed by atoms with Crippen molar-refractivity contribution in [2.75, 3.05) is 11.1 Å². The summed E-state index contributed by atoms with van der Waals surface area (Å²) in [4.78, 5) is 4.26. The molecule has 0 saturated carbocycles. The fraction of sp³-hybridized carbons (Fsp3) is 0.545. The molecule has 0 radical (unpaired) electrons. The van der Waals surface area contributed by atoms with E-state index in [1.54, 1.807) is 6.20 Å². The van der Waals surface area contributed by atoms with Crippen molar-refractivity contribution in [3.05, 3.63) is 16.7 Å². The molecule has 3 N–H and O–H groups in total. The first-order valence-electron chi connectivity index (χ1n) is 5.22. The molecule has 3 nitrogen and oxygen atoms in total. The van der Waals surface area contributed by atoms with Gasteiger partial charge in [0.25, 0.3) is 0 Å². The van der Waals surface area contributed by atoms with Crippen LogP contribution in [0.25, 0.3) is 0 Å². The Labute approximate surface area is 99.6 Å². The molecule has 0 saturated heterocycles. The molecular formula is C11H18BrN3. The molecule has 1 unspecified atom stereocenters. The molecule has 1 aromatic rings. The highest BCUT2D eigenvalue weighted by Gasteiger charge is 2.12. The second-order valence-corrected chi connectivity index (χ2v) is 4.91. The molecule has 0 amide bonds. The number of nitrogen functional groups attached to an aromatic ring is 1. The lowest BCUT2D eigenvalue weighted by Gasteiger charge is -2.22. The van der Waals surface area contributed by atoms with Crippen molar-refractivity contribution in [1.82, 2.24) is 4.98 Å². The summed E-state index contributed by atoms with van der Waals surface area (Å²) < 4.78 is 0.906. The Morgan fingerprint density at radius 3 is 2.67 bits per heavy atom. The highest BCUT2D eigenvalue weighted by Crippen LogP contribution is 2.22. The molecule has 84 valence electrons. The largest absolute Gasteiger partial charge is 0.396 e. The second-order valence-electron chi connectivity index (χ2n) is 3.99. The minimum absolute atomic E-state index is 0.418. The minimum atomic E-state index is 0.418. The first kappa shape index (κ1) is 12.3. The molecule has 0 aromatic carbocycles. The fourth-order valence-corrected chi connectivity index (χ4v) is 1.84. The quantitative estimate of drug-likeness (QED) is 0.884. The van der Waals surface area contributed by atoms with Crippen molar-refractivity contribution >= 4 is 27.4 Å². The van der Waals surface area contributed by atoms with Crippen molar-refractivity contribution in [3.8, 4) is 0 Å². The molecule has 0 fully saturated rings. The van der Waals surface area contributed by atoms with Gasteiger partial charge in [-0.2, -0.15) is 0 Å². The maximum Gasteiger partial charge on any atom is 0.149 e. The third kappa shape index (κ3) is 3.38. The Kier molecular flexibility index (Phi) is 4.39. The lowest BCUT2D eigenvalue weighted by Crippen LogP contribution is -2.25. The van der Waals surface area contributed by atoms with E-state index >= 15 is 0 Å². The third-order valence-corrected chi connectivity index (χ3v) is 2.88. The van der Waals surface area contributed by atoms with Crippen LogP contribution in [0.3, 0.4) is 0 Å². The van der Waals surface area contributed by atoms with E-state index in [-0.39, 0.29) is 0 Å². The zero-order valence-corrected chi connectivity index (χ0v) is 11.0. The van der Waals surface area contributed by atoms with Gasteiger partial charge in [0.05, 0.1) is 5.69 Å². The van der Waals surface area contributed by atoms with Crippen molar-refractivity contribution in [2.24, 2.45) is 5.92 Å². The van der Waals surface area contributed by atoms with E-state index in [1.807, 2.05) is 6.07 Å². The van der Waals surface area contributed by atoms with Crippen LogP contribution in [-0.2, 0) is 0 Å². The van der Waals surface area contributed by atoms with E-state index in [2.05, 4.69) is 47.0 Å². The molecule has 0 spiro atoms. The van der Waals surface area contributed by atoms with E-state index < -0.39 is 0 Å².